The van der Waals surface area contributed by atoms with E-state index in [2.05, 4.69) is 74.6 Å². The van der Waals surface area contributed by atoms with E-state index in [-0.39, 0.29) is 38.8 Å². The van der Waals surface area contributed by atoms with Gasteiger partial charge in [-0.05, 0) is 57.8 Å². The Labute approximate surface area is 319 Å². The summed E-state index contributed by atoms with van der Waals surface area (Å²) in [6.45, 7) is 4.76. The van der Waals surface area contributed by atoms with Crippen LogP contribution in [0, 0.1) is 0 Å². The lowest BCUT2D eigenvalue weighted by molar-refractivity contribution is -0.154. The van der Waals surface area contributed by atoms with Crippen molar-refractivity contribution in [2.45, 2.75) is 174 Å². The maximum Gasteiger partial charge on any atom is 0.472 e. The number of carbonyl (C=O) groups excluding carboxylic acids is 1. The fourth-order valence-electron chi connectivity index (χ4n) is 5.43. The Morgan fingerprint density at radius 3 is 1.60 bits per heavy atom. The molecule has 52 heavy (non-hydrogen) atoms. The van der Waals surface area contributed by atoms with Crippen LogP contribution in [-0.4, -0.2) is 49.9 Å². The highest BCUT2D eigenvalue weighted by Crippen LogP contribution is 2.43. The predicted octanol–water partition coefficient (Wildman–Crippen LogP) is 12.2. The lowest BCUT2D eigenvalue weighted by atomic mass is 10.0. The summed E-state index contributed by atoms with van der Waals surface area (Å²) in [6, 6.07) is 0. The quantitative estimate of drug-likeness (QED) is 0.0276. The minimum atomic E-state index is -4.28. The molecule has 0 aliphatic carbocycles. The zero-order valence-electron chi connectivity index (χ0n) is 33.3. The Hall–Kier alpha value is -1.80. The zero-order chi connectivity index (χ0) is 38.1. The van der Waals surface area contributed by atoms with Crippen LogP contribution in [0.2, 0.25) is 0 Å². The smallest absolute Gasteiger partial charge is 0.457 e. The number of hydrogen-bond donors (Lipinski definition) is 2. The van der Waals surface area contributed by atoms with Crippen LogP contribution in [0.1, 0.15) is 168 Å². The van der Waals surface area contributed by atoms with Crippen LogP contribution in [0.3, 0.4) is 0 Å². The van der Waals surface area contributed by atoms with Gasteiger partial charge in [0.1, 0.15) is 6.10 Å². The first kappa shape index (κ1) is 50.2. The number of hydrogen-bond acceptors (Lipinski definition) is 7. The highest BCUT2D eigenvalue weighted by molar-refractivity contribution is 7.47. The fraction of sp³-hybridized carbons (Fsp3) is 0.744. The van der Waals surface area contributed by atoms with Crippen LogP contribution in [0.15, 0.2) is 60.8 Å². The molecular weight excluding hydrogens is 673 g/mol. The molecule has 0 aromatic heterocycles. The van der Waals surface area contributed by atoms with Crippen molar-refractivity contribution in [1.29, 1.82) is 0 Å². The maximum atomic E-state index is 12.6. The van der Waals surface area contributed by atoms with Gasteiger partial charge in [-0.1, -0.05) is 164 Å². The van der Waals surface area contributed by atoms with Crippen molar-refractivity contribution < 1.29 is 32.8 Å². The summed E-state index contributed by atoms with van der Waals surface area (Å²) in [5.41, 5.74) is 5.36. The van der Waals surface area contributed by atoms with Gasteiger partial charge in [0.05, 0.1) is 19.8 Å². The van der Waals surface area contributed by atoms with E-state index in [0.717, 1.165) is 70.6 Å². The standard InChI is InChI=1S/C43H78NO7P/c1-3-5-7-9-11-13-15-17-19-20-21-22-23-24-26-28-30-32-34-36-43(45)51-42(41-50-52(46,47)49-39-37-44)40-48-38-35-33-31-29-27-25-18-16-14-12-10-8-6-4-2/h5,7,11,13,17,19,21-22,24,26,42H,3-4,6,8-10,12,14-16,18,20,23,25,27-41,44H2,1-2H3,(H,46,47)/b7-5-,13-11-,19-17-,22-21-,26-24-/t42-/m1/s1. The molecule has 0 saturated carbocycles. The molecule has 0 aromatic rings. The van der Waals surface area contributed by atoms with Crippen molar-refractivity contribution >= 4 is 13.8 Å². The Morgan fingerprint density at radius 1 is 0.596 bits per heavy atom. The summed E-state index contributed by atoms with van der Waals surface area (Å²) >= 11 is 0. The molecule has 0 heterocycles. The lowest BCUT2D eigenvalue weighted by Crippen LogP contribution is -2.28. The Bertz CT molecular complexity index is 979. The Kier molecular flexibility index (Phi) is 39.0. The maximum absolute atomic E-state index is 12.6. The number of allylic oxidation sites excluding steroid dienone is 10. The minimum Gasteiger partial charge on any atom is -0.457 e. The summed E-state index contributed by atoms with van der Waals surface area (Å²) in [5.74, 6) is -0.362. The zero-order valence-corrected chi connectivity index (χ0v) is 34.2. The van der Waals surface area contributed by atoms with Gasteiger partial charge in [0.2, 0.25) is 0 Å². The van der Waals surface area contributed by atoms with Gasteiger partial charge in [0.15, 0.2) is 0 Å². The number of nitrogens with two attached hydrogens (primary N) is 1. The molecule has 0 radical (unpaired) electrons. The average molecular weight is 752 g/mol. The number of phosphoric ester groups is 1. The molecule has 0 fully saturated rings. The predicted molar refractivity (Wildman–Crippen MR) is 219 cm³/mol. The number of unbranched alkanes of at least 4 members (excludes halogenated alkanes) is 16. The van der Waals surface area contributed by atoms with E-state index in [1.807, 2.05) is 0 Å². The normalized spacial score (nSPS) is 14.2. The van der Waals surface area contributed by atoms with Gasteiger partial charge in [0.25, 0.3) is 0 Å². The van der Waals surface area contributed by atoms with E-state index in [9.17, 15) is 14.3 Å². The lowest BCUT2D eigenvalue weighted by Gasteiger charge is -2.20. The minimum absolute atomic E-state index is 0.0930. The van der Waals surface area contributed by atoms with Gasteiger partial charge < -0.3 is 20.1 Å². The number of ether oxygens (including phenoxy) is 2. The summed E-state index contributed by atoms with van der Waals surface area (Å²) in [6.07, 6.45) is 48.0. The Morgan fingerprint density at radius 2 is 1.08 bits per heavy atom. The molecule has 0 aliphatic rings. The number of phosphoric acid groups is 1. The highest BCUT2D eigenvalue weighted by Gasteiger charge is 2.25. The van der Waals surface area contributed by atoms with Gasteiger partial charge in [-0.3, -0.25) is 13.8 Å². The van der Waals surface area contributed by atoms with Crippen molar-refractivity contribution in [2.24, 2.45) is 5.73 Å². The van der Waals surface area contributed by atoms with Crippen molar-refractivity contribution in [3.63, 3.8) is 0 Å². The molecule has 0 rings (SSSR count). The first-order valence-electron chi connectivity index (χ1n) is 20.8. The average Bonchev–Trinajstić information content (AvgIpc) is 3.13. The molecule has 2 atom stereocenters. The van der Waals surface area contributed by atoms with Crippen LogP contribution >= 0.6 is 7.82 Å². The third-order valence-corrected chi connectivity index (χ3v) is 9.43. The van der Waals surface area contributed by atoms with Crippen molar-refractivity contribution in [3.8, 4) is 0 Å². The third-order valence-electron chi connectivity index (χ3n) is 8.45. The molecule has 1 unspecified atom stereocenters. The molecule has 8 nitrogen and oxygen atoms in total. The van der Waals surface area contributed by atoms with E-state index in [4.69, 9.17) is 24.3 Å². The molecule has 0 saturated heterocycles. The molecule has 0 aromatic carbocycles. The van der Waals surface area contributed by atoms with Gasteiger partial charge in [-0.2, -0.15) is 0 Å². The van der Waals surface area contributed by atoms with Crippen LogP contribution in [-0.2, 0) is 27.9 Å². The van der Waals surface area contributed by atoms with E-state index in [1.165, 1.54) is 77.0 Å². The molecule has 9 heteroatoms. The molecule has 0 spiro atoms. The summed E-state index contributed by atoms with van der Waals surface area (Å²) in [4.78, 5) is 22.4. The second kappa shape index (κ2) is 40.4. The van der Waals surface area contributed by atoms with Gasteiger partial charge in [0, 0.05) is 19.6 Å². The summed E-state index contributed by atoms with van der Waals surface area (Å²) < 4.78 is 33.4. The van der Waals surface area contributed by atoms with Crippen LogP contribution in [0.5, 0.6) is 0 Å². The van der Waals surface area contributed by atoms with Crippen molar-refractivity contribution in [2.75, 3.05) is 33.0 Å². The molecule has 302 valence electrons. The molecule has 0 amide bonds. The van der Waals surface area contributed by atoms with E-state index in [0.29, 0.717) is 6.61 Å². The van der Waals surface area contributed by atoms with E-state index in [1.54, 1.807) is 0 Å². The van der Waals surface area contributed by atoms with E-state index < -0.39 is 13.9 Å². The number of carbonyl (C=O) groups is 1. The third kappa shape index (κ3) is 39.4. The van der Waals surface area contributed by atoms with Crippen molar-refractivity contribution in [3.05, 3.63) is 60.8 Å². The largest absolute Gasteiger partial charge is 0.472 e. The Balaban J connectivity index is 4.13. The molecule has 0 aliphatic heterocycles. The van der Waals surface area contributed by atoms with Gasteiger partial charge in [-0.15, -0.1) is 0 Å². The highest BCUT2D eigenvalue weighted by atomic mass is 31.2. The summed E-state index contributed by atoms with van der Waals surface area (Å²) in [7, 11) is -4.28. The fourth-order valence-corrected chi connectivity index (χ4v) is 6.20. The molecule has 3 N–H and O–H groups in total. The number of rotatable bonds is 39. The monoisotopic (exact) mass is 752 g/mol. The first-order chi connectivity index (χ1) is 25.4. The van der Waals surface area contributed by atoms with Crippen LogP contribution < -0.4 is 5.73 Å². The number of esters is 1. The van der Waals surface area contributed by atoms with Crippen molar-refractivity contribution in [1.82, 2.24) is 0 Å². The molecular formula is C43H78NO7P. The second-order valence-corrected chi connectivity index (χ2v) is 14.9. The second-order valence-electron chi connectivity index (χ2n) is 13.5. The van der Waals surface area contributed by atoms with E-state index >= 15 is 0 Å². The van der Waals surface area contributed by atoms with Gasteiger partial charge in [-0.25, -0.2) is 4.57 Å². The van der Waals surface area contributed by atoms with Crippen LogP contribution in [0.4, 0.5) is 0 Å². The molecule has 0 bridgehead atoms. The van der Waals surface area contributed by atoms with Crippen LogP contribution in [0.25, 0.3) is 0 Å². The SMILES string of the molecule is CC/C=C\C/C=C\C/C=C\C/C=C\C/C=C\CCCCCC(=O)O[C@H](COCCCCCCCCCCCCCCCC)COP(=O)(O)OCCN. The summed E-state index contributed by atoms with van der Waals surface area (Å²) in [5, 5.41) is 0. The van der Waals surface area contributed by atoms with Gasteiger partial charge >= 0.3 is 13.8 Å². The first-order valence-corrected chi connectivity index (χ1v) is 22.3. The topological polar surface area (TPSA) is 117 Å².